The summed E-state index contributed by atoms with van der Waals surface area (Å²) in [5, 5.41) is 5.09. The van der Waals surface area contributed by atoms with Crippen molar-refractivity contribution in [1.29, 1.82) is 0 Å². The maximum Gasteiger partial charge on any atom is 0.273 e. The second kappa shape index (κ2) is 6.10. The minimum atomic E-state index is -0.00367. The minimum Gasteiger partial charge on any atom is -0.378 e. The molecule has 116 valence electrons. The first-order valence-corrected chi connectivity index (χ1v) is 8.51. The largest absolute Gasteiger partial charge is 0.378 e. The van der Waals surface area contributed by atoms with Crippen LogP contribution in [0.5, 0.6) is 0 Å². The molecule has 0 radical (unpaired) electrons. The van der Waals surface area contributed by atoms with Crippen LogP contribution >= 0.6 is 11.3 Å². The number of carbonyl (C=O) groups excluding carboxylic acids is 1. The van der Waals surface area contributed by atoms with Crippen molar-refractivity contribution >= 4 is 28.0 Å². The summed E-state index contributed by atoms with van der Waals surface area (Å²) < 4.78 is 5.30. The summed E-state index contributed by atoms with van der Waals surface area (Å²) >= 11 is 1.52. The summed E-state index contributed by atoms with van der Waals surface area (Å²) in [5.41, 5.74) is 1.61. The molecule has 1 aliphatic heterocycles. The Morgan fingerprint density at radius 3 is 2.74 bits per heavy atom. The third-order valence-electron chi connectivity index (χ3n) is 4.04. The van der Waals surface area contributed by atoms with Gasteiger partial charge in [-0.1, -0.05) is 42.5 Å². The third-order valence-corrected chi connectivity index (χ3v) is 4.92. The molecule has 2 aromatic carbocycles. The van der Waals surface area contributed by atoms with Crippen LogP contribution in [-0.2, 0) is 4.74 Å². The van der Waals surface area contributed by atoms with Crippen LogP contribution < -0.4 is 0 Å². The average Bonchev–Trinajstić information content (AvgIpc) is 3.11. The molecule has 1 amide bonds. The van der Waals surface area contributed by atoms with Gasteiger partial charge >= 0.3 is 0 Å². The number of morpholine rings is 1. The normalized spacial score (nSPS) is 15.0. The first-order valence-electron chi connectivity index (χ1n) is 7.63. The number of thiazole rings is 1. The van der Waals surface area contributed by atoms with Gasteiger partial charge in [-0.15, -0.1) is 11.3 Å². The van der Waals surface area contributed by atoms with E-state index in [0.717, 1.165) is 16.0 Å². The van der Waals surface area contributed by atoms with Crippen molar-refractivity contribution in [3.63, 3.8) is 0 Å². The molecule has 1 fully saturated rings. The Morgan fingerprint density at radius 1 is 1.09 bits per heavy atom. The van der Waals surface area contributed by atoms with E-state index in [2.05, 4.69) is 29.2 Å². The zero-order valence-electron chi connectivity index (χ0n) is 12.6. The van der Waals surface area contributed by atoms with Crippen LogP contribution in [0, 0.1) is 0 Å². The molecule has 0 bridgehead atoms. The summed E-state index contributed by atoms with van der Waals surface area (Å²) in [6.07, 6.45) is 0. The lowest BCUT2D eigenvalue weighted by atomic mass is 10.1. The van der Waals surface area contributed by atoms with Gasteiger partial charge in [0, 0.05) is 24.0 Å². The van der Waals surface area contributed by atoms with Gasteiger partial charge in [0.15, 0.2) is 0 Å². The highest BCUT2D eigenvalue weighted by molar-refractivity contribution is 7.13. The summed E-state index contributed by atoms with van der Waals surface area (Å²) in [7, 11) is 0. The third kappa shape index (κ3) is 2.73. The van der Waals surface area contributed by atoms with Gasteiger partial charge in [0.05, 0.1) is 13.2 Å². The molecule has 0 unspecified atom stereocenters. The van der Waals surface area contributed by atoms with Crippen LogP contribution in [0.1, 0.15) is 10.5 Å². The Hall–Kier alpha value is -2.24. The van der Waals surface area contributed by atoms with E-state index in [1.54, 1.807) is 0 Å². The smallest absolute Gasteiger partial charge is 0.273 e. The summed E-state index contributed by atoms with van der Waals surface area (Å²) in [6, 6.07) is 14.4. The number of hydrogen-bond donors (Lipinski definition) is 0. The van der Waals surface area contributed by atoms with E-state index >= 15 is 0 Å². The lowest BCUT2D eigenvalue weighted by molar-refractivity contribution is 0.0299. The Labute approximate surface area is 138 Å². The molecule has 0 aliphatic carbocycles. The maximum absolute atomic E-state index is 12.5. The fourth-order valence-corrected chi connectivity index (χ4v) is 3.67. The van der Waals surface area contributed by atoms with Gasteiger partial charge in [-0.05, 0) is 10.8 Å². The van der Waals surface area contributed by atoms with Gasteiger partial charge in [0.2, 0.25) is 0 Å². The molecule has 1 aliphatic rings. The second-order valence-corrected chi connectivity index (χ2v) is 6.33. The van der Waals surface area contributed by atoms with Crippen molar-refractivity contribution in [2.75, 3.05) is 26.3 Å². The van der Waals surface area contributed by atoms with E-state index in [9.17, 15) is 4.79 Å². The zero-order valence-corrected chi connectivity index (χ0v) is 13.4. The molecule has 0 saturated carbocycles. The van der Waals surface area contributed by atoms with Crippen molar-refractivity contribution < 1.29 is 9.53 Å². The molecule has 0 N–H and O–H groups in total. The number of rotatable bonds is 2. The lowest BCUT2D eigenvalue weighted by Gasteiger charge is -2.25. The highest BCUT2D eigenvalue weighted by atomic mass is 32.1. The summed E-state index contributed by atoms with van der Waals surface area (Å²) in [5.74, 6) is -0.00367. The number of benzene rings is 2. The quantitative estimate of drug-likeness (QED) is 0.725. The molecule has 2 heterocycles. The highest BCUT2D eigenvalue weighted by Crippen LogP contribution is 2.31. The van der Waals surface area contributed by atoms with Gasteiger partial charge in [-0.3, -0.25) is 4.79 Å². The first kappa shape index (κ1) is 14.4. The fourth-order valence-electron chi connectivity index (χ4n) is 2.84. The van der Waals surface area contributed by atoms with E-state index in [1.165, 1.54) is 16.7 Å². The molecule has 0 spiro atoms. The van der Waals surface area contributed by atoms with Crippen LogP contribution in [0.3, 0.4) is 0 Å². The van der Waals surface area contributed by atoms with Crippen molar-refractivity contribution in [1.82, 2.24) is 9.88 Å². The maximum atomic E-state index is 12.5. The molecular formula is C18H16N2O2S. The molecule has 1 aromatic heterocycles. The predicted octanol–water partition coefficient (Wildman–Crippen LogP) is 3.44. The second-order valence-electron chi connectivity index (χ2n) is 5.47. The topological polar surface area (TPSA) is 42.4 Å². The molecular weight excluding hydrogens is 308 g/mol. The number of ether oxygens (including phenoxy) is 1. The number of carbonyl (C=O) groups is 1. The molecule has 5 heteroatoms. The van der Waals surface area contributed by atoms with E-state index in [1.807, 2.05) is 28.5 Å². The van der Waals surface area contributed by atoms with E-state index in [-0.39, 0.29) is 5.91 Å². The van der Waals surface area contributed by atoms with E-state index < -0.39 is 0 Å². The van der Waals surface area contributed by atoms with E-state index in [0.29, 0.717) is 32.0 Å². The number of nitrogens with zero attached hydrogens (tertiary/aromatic N) is 2. The number of hydrogen-bond acceptors (Lipinski definition) is 4. The van der Waals surface area contributed by atoms with Crippen molar-refractivity contribution in [2.45, 2.75) is 0 Å². The zero-order chi connectivity index (χ0) is 15.6. The average molecular weight is 324 g/mol. The standard InChI is InChI=1S/C18H16N2O2S/c21-18(20-8-10-22-11-9-20)16-12-23-17(19-16)15-7-3-5-13-4-1-2-6-14(13)15/h1-7,12H,8-11H2. The molecule has 0 atom stereocenters. The minimum absolute atomic E-state index is 0.00367. The Bertz CT molecular complexity index is 848. The molecule has 4 nitrogen and oxygen atoms in total. The van der Waals surface area contributed by atoms with Gasteiger partial charge < -0.3 is 9.64 Å². The monoisotopic (exact) mass is 324 g/mol. The highest BCUT2D eigenvalue weighted by Gasteiger charge is 2.21. The molecule has 4 rings (SSSR count). The Kier molecular flexibility index (Phi) is 3.81. The number of amides is 1. The van der Waals surface area contributed by atoms with Crippen LogP contribution in [0.15, 0.2) is 47.8 Å². The number of fused-ring (bicyclic) bond motifs is 1. The van der Waals surface area contributed by atoms with Gasteiger partial charge in [-0.25, -0.2) is 4.98 Å². The summed E-state index contributed by atoms with van der Waals surface area (Å²) in [4.78, 5) is 18.9. The molecule has 3 aromatic rings. The first-order chi connectivity index (χ1) is 11.3. The van der Waals surface area contributed by atoms with Gasteiger partial charge in [-0.2, -0.15) is 0 Å². The Balaban J connectivity index is 1.68. The van der Waals surface area contributed by atoms with Crippen molar-refractivity contribution in [2.24, 2.45) is 0 Å². The van der Waals surface area contributed by atoms with Gasteiger partial charge in [0.1, 0.15) is 10.7 Å². The van der Waals surface area contributed by atoms with Gasteiger partial charge in [0.25, 0.3) is 5.91 Å². The fraction of sp³-hybridized carbons (Fsp3) is 0.222. The SMILES string of the molecule is O=C(c1csc(-c2cccc3ccccc23)n1)N1CCOCC1. The number of aromatic nitrogens is 1. The molecule has 23 heavy (non-hydrogen) atoms. The van der Waals surface area contributed by atoms with Crippen molar-refractivity contribution in [3.8, 4) is 10.6 Å². The lowest BCUT2D eigenvalue weighted by Crippen LogP contribution is -2.40. The van der Waals surface area contributed by atoms with Crippen molar-refractivity contribution in [3.05, 3.63) is 53.5 Å². The molecule has 1 saturated heterocycles. The summed E-state index contributed by atoms with van der Waals surface area (Å²) in [6.45, 7) is 2.48. The van der Waals surface area contributed by atoms with E-state index in [4.69, 9.17) is 4.74 Å². The predicted molar refractivity (Wildman–Crippen MR) is 91.8 cm³/mol. The Morgan fingerprint density at radius 2 is 1.87 bits per heavy atom. The van der Waals surface area contributed by atoms with Crippen LogP contribution in [0.4, 0.5) is 0 Å². The van der Waals surface area contributed by atoms with Crippen LogP contribution in [0.2, 0.25) is 0 Å². The van der Waals surface area contributed by atoms with Crippen LogP contribution in [0.25, 0.3) is 21.3 Å². The van der Waals surface area contributed by atoms with Crippen LogP contribution in [-0.4, -0.2) is 42.1 Å².